The molecule has 0 aromatic heterocycles. The minimum atomic E-state index is 0.732. The Kier molecular flexibility index (Phi) is 2.37. The second-order valence-corrected chi connectivity index (χ2v) is 3.73. The van der Waals surface area contributed by atoms with Crippen molar-refractivity contribution in [1.82, 2.24) is 5.43 Å². The number of nitrogens with one attached hydrogen (secondary N) is 1. The van der Waals surface area contributed by atoms with Gasteiger partial charge in [0, 0.05) is 12.4 Å². The number of hydrogen-bond donors (Lipinski definition) is 2. The molecule has 1 aliphatic heterocycles. The van der Waals surface area contributed by atoms with Gasteiger partial charge in [0.2, 0.25) is 0 Å². The number of rotatable bonds is 1. The molecule has 0 aliphatic carbocycles. The molecule has 1 heterocycles. The number of anilines is 1. The summed E-state index contributed by atoms with van der Waals surface area (Å²) >= 11 is 0. The molecular formula is C12H15N3. The average Bonchev–Trinajstić information content (AvgIpc) is 2.23. The van der Waals surface area contributed by atoms with Crippen LogP contribution < -0.4 is 16.2 Å². The van der Waals surface area contributed by atoms with Gasteiger partial charge in [0.15, 0.2) is 0 Å². The molecule has 0 amide bonds. The molecule has 2 rings (SSSR count). The summed E-state index contributed by atoms with van der Waals surface area (Å²) < 4.78 is 0. The zero-order valence-electron chi connectivity index (χ0n) is 8.99. The minimum Gasteiger partial charge on any atom is -0.397 e. The summed E-state index contributed by atoms with van der Waals surface area (Å²) in [5.74, 6) is 0. The van der Waals surface area contributed by atoms with Crippen LogP contribution in [0.25, 0.3) is 0 Å². The summed E-state index contributed by atoms with van der Waals surface area (Å²) in [7, 11) is 0. The van der Waals surface area contributed by atoms with Gasteiger partial charge in [0.1, 0.15) is 0 Å². The van der Waals surface area contributed by atoms with Crippen LogP contribution >= 0.6 is 0 Å². The molecule has 3 N–H and O–H groups in total. The number of hydrazine groups is 1. The third-order valence-electron chi connectivity index (χ3n) is 2.56. The maximum Gasteiger partial charge on any atom is 0.0626 e. The molecule has 78 valence electrons. The van der Waals surface area contributed by atoms with Gasteiger partial charge in [-0.25, -0.2) is 0 Å². The first kappa shape index (κ1) is 9.65. The monoisotopic (exact) mass is 201 g/mol. The van der Waals surface area contributed by atoms with Crippen LogP contribution in [-0.2, 0) is 0 Å². The Hall–Kier alpha value is -1.90. The van der Waals surface area contributed by atoms with Crippen molar-refractivity contribution >= 4 is 5.69 Å². The van der Waals surface area contributed by atoms with Crippen molar-refractivity contribution in [2.24, 2.45) is 5.73 Å². The van der Waals surface area contributed by atoms with Gasteiger partial charge in [-0.15, -0.1) is 0 Å². The van der Waals surface area contributed by atoms with E-state index in [1.54, 1.807) is 6.20 Å². The quantitative estimate of drug-likeness (QED) is 0.729. The molecule has 0 bridgehead atoms. The zero-order valence-corrected chi connectivity index (χ0v) is 8.99. The Morgan fingerprint density at radius 2 is 2.00 bits per heavy atom. The van der Waals surface area contributed by atoms with E-state index in [4.69, 9.17) is 5.73 Å². The first-order valence-electron chi connectivity index (χ1n) is 4.93. The molecule has 0 atom stereocenters. The summed E-state index contributed by atoms with van der Waals surface area (Å²) in [4.78, 5) is 0. The van der Waals surface area contributed by atoms with Gasteiger partial charge in [-0.05, 0) is 43.2 Å². The highest BCUT2D eigenvalue weighted by molar-refractivity contribution is 5.53. The van der Waals surface area contributed by atoms with Crippen molar-refractivity contribution < 1.29 is 0 Å². The number of aryl methyl sites for hydroxylation is 2. The van der Waals surface area contributed by atoms with E-state index >= 15 is 0 Å². The molecular weight excluding hydrogens is 186 g/mol. The first-order valence-corrected chi connectivity index (χ1v) is 4.93. The Bertz CT molecular complexity index is 432. The lowest BCUT2D eigenvalue weighted by atomic mass is 10.1. The Balaban J connectivity index is 2.25. The van der Waals surface area contributed by atoms with Crippen molar-refractivity contribution in [3.8, 4) is 0 Å². The Morgan fingerprint density at radius 1 is 1.20 bits per heavy atom. The second kappa shape index (κ2) is 3.69. The van der Waals surface area contributed by atoms with E-state index in [-0.39, 0.29) is 0 Å². The van der Waals surface area contributed by atoms with Gasteiger partial charge in [-0.2, -0.15) is 0 Å². The Morgan fingerprint density at radius 3 is 2.60 bits per heavy atom. The lowest BCUT2D eigenvalue weighted by Crippen LogP contribution is -2.32. The highest BCUT2D eigenvalue weighted by Crippen LogP contribution is 2.18. The van der Waals surface area contributed by atoms with Crippen LogP contribution in [0.4, 0.5) is 5.69 Å². The maximum absolute atomic E-state index is 5.61. The van der Waals surface area contributed by atoms with E-state index in [1.807, 2.05) is 17.3 Å². The molecule has 1 aromatic rings. The van der Waals surface area contributed by atoms with Crippen molar-refractivity contribution in [3.05, 3.63) is 53.5 Å². The number of nitrogens with two attached hydrogens (primary N) is 1. The van der Waals surface area contributed by atoms with Crippen LogP contribution in [0, 0.1) is 13.8 Å². The lowest BCUT2D eigenvalue weighted by Gasteiger charge is -2.23. The van der Waals surface area contributed by atoms with Gasteiger partial charge in [-0.1, -0.05) is 6.07 Å². The normalized spacial score (nSPS) is 14.8. The standard InChI is InChI=1S/C12H15N3/c1-9-3-4-12(7-10(9)2)15-6-5-11(13)8-14-15/h3-8,14H,13H2,1-2H3. The number of hydrogen-bond acceptors (Lipinski definition) is 3. The molecule has 15 heavy (non-hydrogen) atoms. The molecule has 3 heteroatoms. The highest BCUT2D eigenvalue weighted by Gasteiger charge is 2.05. The summed E-state index contributed by atoms with van der Waals surface area (Å²) in [6.45, 7) is 4.22. The van der Waals surface area contributed by atoms with Gasteiger partial charge >= 0.3 is 0 Å². The van der Waals surface area contributed by atoms with Crippen molar-refractivity contribution in [1.29, 1.82) is 0 Å². The Labute approximate surface area is 89.9 Å². The van der Waals surface area contributed by atoms with E-state index in [0.717, 1.165) is 11.4 Å². The molecule has 0 saturated heterocycles. The summed E-state index contributed by atoms with van der Waals surface area (Å²) in [5, 5.41) is 1.93. The van der Waals surface area contributed by atoms with Crippen LogP contribution in [-0.4, -0.2) is 0 Å². The fourth-order valence-electron chi connectivity index (χ4n) is 1.43. The molecule has 3 nitrogen and oxygen atoms in total. The summed E-state index contributed by atoms with van der Waals surface area (Å²) in [6.07, 6.45) is 5.56. The van der Waals surface area contributed by atoms with E-state index in [2.05, 4.69) is 37.5 Å². The van der Waals surface area contributed by atoms with Crippen LogP contribution in [0.5, 0.6) is 0 Å². The molecule has 1 aliphatic rings. The average molecular weight is 201 g/mol. The fraction of sp³-hybridized carbons (Fsp3) is 0.167. The predicted octanol–water partition coefficient (Wildman–Crippen LogP) is 1.94. The summed E-state index contributed by atoms with van der Waals surface area (Å²) in [6, 6.07) is 6.33. The molecule has 0 unspecified atom stereocenters. The number of benzene rings is 1. The lowest BCUT2D eigenvalue weighted by molar-refractivity contribution is 0.852. The van der Waals surface area contributed by atoms with Gasteiger partial charge in [0.25, 0.3) is 0 Å². The van der Waals surface area contributed by atoms with E-state index < -0.39 is 0 Å². The fourth-order valence-corrected chi connectivity index (χ4v) is 1.43. The number of nitrogens with zero attached hydrogens (tertiary/aromatic N) is 1. The van der Waals surface area contributed by atoms with Crippen LogP contribution in [0.2, 0.25) is 0 Å². The predicted molar refractivity (Wildman–Crippen MR) is 62.9 cm³/mol. The maximum atomic E-state index is 5.61. The molecule has 0 fully saturated rings. The topological polar surface area (TPSA) is 41.3 Å². The van der Waals surface area contributed by atoms with E-state index in [9.17, 15) is 0 Å². The highest BCUT2D eigenvalue weighted by atomic mass is 15.5. The van der Waals surface area contributed by atoms with Crippen molar-refractivity contribution in [3.63, 3.8) is 0 Å². The van der Waals surface area contributed by atoms with E-state index in [1.165, 1.54) is 11.1 Å². The number of allylic oxidation sites excluding steroid dienone is 1. The van der Waals surface area contributed by atoms with Crippen LogP contribution in [0.1, 0.15) is 11.1 Å². The van der Waals surface area contributed by atoms with Crippen molar-refractivity contribution in [2.45, 2.75) is 13.8 Å². The zero-order chi connectivity index (χ0) is 10.8. The molecule has 1 aromatic carbocycles. The SMILES string of the molecule is Cc1ccc(N2C=CC(N)=CN2)cc1C. The van der Waals surface area contributed by atoms with Gasteiger partial charge in [0.05, 0.1) is 11.4 Å². The molecule has 0 saturated carbocycles. The largest absolute Gasteiger partial charge is 0.397 e. The third-order valence-corrected chi connectivity index (χ3v) is 2.56. The van der Waals surface area contributed by atoms with Gasteiger partial charge < -0.3 is 5.73 Å². The van der Waals surface area contributed by atoms with Crippen LogP contribution in [0.15, 0.2) is 42.4 Å². The van der Waals surface area contributed by atoms with Gasteiger partial charge in [-0.3, -0.25) is 10.4 Å². The van der Waals surface area contributed by atoms with Crippen LogP contribution in [0.3, 0.4) is 0 Å². The van der Waals surface area contributed by atoms with Crippen molar-refractivity contribution in [2.75, 3.05) is 5.01 Å². The third kappa shape index (κ3) is 1.96. The second-order valence-electron chi connectivity index (χ2n) is 3.73. The van der Waals surface area contributed by atoms with E-state index in [0.29, 0.717) is 0 Å². The molecule has 0 spiro atoms. The minimum absolute atomic E-state index is 0.732. The smallest absolute Gasteiger partial charge is 0.0626 e. The summed E-state index contributed by atoms with van der Waals surface area (Å²) in [5.41, 5.74) is 13.1. The first-order chi connectivity index (χ1) is 7.16. The molecule has 0 radical (unpaired) electrons.